The molecule has 1 fully saturated rings. The van der Waals surface area contributed by atoms with E-state index in [9.17, 15) is 31.1 Å². The second kappa shape index (κ2) is 9.99. The van der Waals surface area contributed by atoms with Crippen molar-refractivity contribution in [2.45, 2.75) is 19.6 Å². The largest absolute Gasteiger partial charge is 0.495 e. The fraction of sp³-hybridized carbons (Fsp3) is 0.208. The molecular formula is C24H19F6N5O2. The van der Waals surface area contributed by atoms with Gasteiger partial charge in [-0.15, -0.1) is 0 Å². The second-order valence-corrected chi connectivity index (χ2v) is 8.06. The van der Waals surface area contributed by atoms with E-state index in [1.165, 1.54) is 13.2 Å². The highest BCUT2D eigenvalue weighted by Crippen LogP contribution is 2.27. The topological polar surface area (TPSA) is 71.8 Å². The number of nitrogens with one attached hydrogen (secondary N) is 1. The number of carbonyl (C=O) groups excluding carboxylic acids is 1. The van der Waals surface area contributed by atoms with E-state index in [4.69, 9.17) is 4.74 Å². The van der Waals surface area contributed by atoms with Gasteiger partial charge in [0.2, 0.25) is 5.96 Å². The van der Waals surface area contributed by atoms with Crippen molar-refractivity contribution < 1.29 is 35.9 Å². The normalized spacial score (nSPS) is 16.1. The summed E-state index contributed by atoms with van der Waals surface area (Å²) >= 11 is 0. The van der Waals surface area contributed by atoms with Crippen LogP contribution in [0.4, 0.5) is 26.3 Å². The van der Waals surface area contributed by atoms with Gasteiger partial charge in [-0.25, -0.2) is 23.1 Å². The van der Waals surface area contributed by atoms with E-state index in [-0.39, 0.29) is 11.3 Å². The Morgan fingerprint density at radius 2 is 1.84 bits per heavy atom. The van der Waals surface area contributed by atoms with Crippen molar-refractivity contribution in [3.05, 3.63) is 82.8 Å². The highest BCUT2D eigenvalue weighted by Gasteiger charge is 2.34. The number of rotatable bonds is 6. The summed E-state index contributed by atoms with van der Waals surface area (Å²) in [5.41, 5.74) is 1.57. The van der Waals surface area contributed by atoms with Crippen LogP contribution in [0.3, 0.4) is 0 Å². The summed E-state index contributed by atoms with van der Waals surface area (Å²) < 4.78 is 86.2. The molecule has 1 amide bonds. The molecule has 0 atom stereocenters. The van der Waals surface area contributed by atoms with Crippen LogP contribution in [0.15, 0.2) is 53.5 Å². The number of nitrogens with zero attached hydrogens (tertiary/aromatic N) is 4. The number of hydrogen-bond donors (Lipinski definition) is 1. The number of amides is 1. The molecule has 7 nitrogen and oxygen atoms in total. The zero-order valence-electron chi connectivity index (χ0n) is 19.4. The fourth-order valence-corrected chi connectivity index (χ4v) is 3.62. The summed E-state index contributed by atoms with van der Waals surface area (Å²) in [6.45, 7) is -0.348. The third-order valence-corrected chi connectivity index (χ3v) is 5.27. The molecule has 0 aliphatic carbocycles. The number of aryl methyl sites for hydroxylation is 1. The Kier molecular flexibility index (Phi) is 6.96. The molecule has 4 rings (SSSR count). The van der Waals surface area contributed by atoms with Gasteiger partial charge in [-0.05, 0) is 48.4 Å². The molecule has 1 aromatic heterocycles. The Bertz CT molecular complexity index is 1390. The number of ether oxygens (including phenoxy) is 1. The molecule has 3 aromatic rings. The molecule has 1 aliphatic heterocycles. The number of imidazole rings is 1. The predicted molar refractivity (Wildman–Crippen MR) is 121 cm³/mol. The van der Waals surface area contributed by atoms with Crippen LogP contribution < -0.4 is 10.1 Å². The number of aliphatic imine (C=N–C) groups is 1. The number of carbonyl (C=O) groups is 1. The van der Waals surface area contributed by atoms with E-state index in [0.717, 1.165) is 10.6 Å². The number of hydrogen-bond acceptors (Lipinski definition) is 4. The number of aromatic nitrogens is 2. The Hall–Kier alpha value is -4.29. The summed E-state index contributed by atoms with van der Waals surface area (Å²) in [5.74, 6) is -5.56. The molecule has 1 saturated heterocycles. The average Bonchev–Trinajstić information content (AvgIpc) is 3.39. The van der Waals surface area contributed by atoms with Crippen LogP contribution in [0.5, 0.6) is 5.75 Å². The maximum absolute atomic E-state index is 13.7. The third-order valence-electron chi connectivity index (χ3n) is 5.27. The van der Waals surface area contributed by atoms with Crippen molar-refractivity contribution in [2.24, 2.45) is 4.99 Å². The lowest BCUT2D eigenvalue weighted by Crippen LogP contribution is -2.33. The van der Waals surface area contributed by atoms with Crippen molar-refractivity contribution in [1.29, 1.82) is 0 Å². The number of halogens is 6. The zero-order valence-corrected chi connectivity index (χ0v) is 19.4. The Balaban J connectivity index is 1.67. The van der Waals surface area contributed by atoms with Crippen molar-refractivity contribution in [2.75, 3.05) is 13.7 Å². The van der Waals surface area contributed by atoms with Gasteiger partial charge in [0.05, 0.1) is 31.4 Å². The minimum absolute atomic E-state index is 0.141. The van der Waals surface area contributed by atoms with Gasteiger partial charge in [0, 0.05) is 6.20 Å². The summed E-state index contributed by atoms with van der Waals surface area (Å²) in [6, 6.07) is 6.25. The molecule has 2 heterocycles. The molecule has 13 heteroatoms. The average molecular weight is 523 g/mol. The van der Waals surface area contributed by atoms with Crippen LogP contribution in [0.2, 0.25) is 0 Å². The molecular weight excluding hydrogens is 504 g/mol. The summed E-state index contributed by atoms with van der Waals surface area (Å²) in [6.07, 6.45) is 0.0672. The molecule has 0 unspecified atom stereocenters. The van der Waals surface area contributed by atoms with Gasteiger partial charge in [0.15, 0.2) is 17.5 Å². The second-order valence-electron chi connectivity index (χ2n) is 8.06. The van der Waals surface area contributed by atoms with E-state index in [2.05, 4.69) is 15.3 Å². The maximum atomic E-state index is 13.7. The molecule has 0 saturated carbocycles. The van der Waals surface area contributed by atoms with Gasteiger partial charge in [0.25, 0.3) is 5.91 Å². The summed E-state index contributed by atoms with van der Waals surface area (Å²) in [4.78, 5) is 21.4. The van der Waals surface area contributed by atoms with E-state index < -0.39 is 48.6 Å². The molecule has 0 radical (unpaired) electrons. The van der Waals surface area contributed by atoms with Crippen LogP contribution >= 0.6 is 0 Å². The summed E-state index contributed by atoms with van der Waals surface area (Å²) in [7, 11) is 1.45. The Labute approximate surface area is 206 Å². The van der Waals surface area contributed by atoms with Gasteiger partial charge < -0.3 is 14.6 Å². The Morgan fingerprint density at radius 1 is 1.14 bits per heavy atom. The van der Waals surface area contributed by atoms with E-state index in [1.54, 1.807) is 35.3 Å². The van der Waals surface area contributed by atoms with Gasteiger partial charge >= 0.3 is 6.18 Å². The molecule has 0 bridgehead atoms. The van der Waals surface area contributed by atoms with Crippen molar-refractivity contribution in [1.82, 2.24) is 19.8 Å². The van der Waals surface area contributed by atoms with E-state index >= 15 is 0 Å². The van der Waals surface area contributed by atoms with Crippen molar-refractivity contribution in [3.8, 4) is 11.4 Å². The first-order chi connectivity index (χ1) is 17.4. The highest BCUT2D eigenvalue weighted by molar-refractivity contribution is 6.15. The van der Waals surface area contributed by atoms with E-state index in [0.29, 0.717) is 29.1 Å². The number of benzene rings is 2. The lowest BCUT2D eigenvalue weighted by Gasteiger charge is -2.16. The molecule has 194 valence electrons. The standard InChI is InChI=1S/C24H19F6N5O2/c1-13-9-34(12-32-13)19-4-3-14(8-20(19)37-2)7-18-22(36)35(23(33-18)31-11-24(28,29)30)10-15-5-16(25)21(27)17(26)6-15/h3-9,12H,10-11H2,1-2H3,(H,31,33)/b18-7-. The van der Waals surface area contributed by atoms with Crippen LogP contribution in [-0.2, 0) is 11.3 Å². The third kappa shape index (κ3) is 5.76. The number of methoxy groups -OCH3 is 1. The van der Waals surface area contributed by atoms with Gasteiger partial charge in [0.1, 0.15) is 18.0 Å². The number of alkyl halides is 3. The first-order valence-corrected chi connectivity index (χ1v) is 10.7. The van der Waals surface area contributed by atoms with Crippen molar-refractivity contribution >= 4 is 17.9 Å². The quantitative estimate of drug-likeness (QED) is 0.294. The first kappa shape index (κ1) is 25.8. The zero-order chi connectivity index (χ0) is 26.9. The molecule has 0 spiro atoms. The maximum Gasteiger partial charge on any atom is 0.408 e. The number of guanidine groups is 1. The van der Waals surface area contributed by atoms with E-state index in [1.807, 2.05) is 6.92 Å². The fourth-order valence-electron chi connectivity index (χ4n) is 3.62. The van der Waals surface area contributed by atoms with Crippen LogP contribution in [-0.4, -0.2) is 46.1 Å². The SMILES string of the molecule is COc1cc(/C=C2\N/C(=N\CC(F)(F)F)N(Cc3cc(F)c(F)c(F)c3)C2=O)ccc1-n1cnc(C)c1. The van der Waals surface area contributed by atoms with Crippen LogP contribution in [0.1, 0.15) is 16.8 Å². The van der Waals surface area contributed by atoms with Gasteiger partial charge in [-0.3, -0.25) is 9.69 Å². The lowest BCUT2D eigenvalue weighted by atomic mass is 10.1. The highest BCUT2D eigenvalue weighted by atomic mass is 19.4. The molecule has 37 heavy (non-hydrogen) atoms. The minimum atomic E-state index is -4.67. The smallest absolute Gasteiger partial charge is 0.408 e. The van der Waals surface area contributed by atoms with Gasteiger partial charge in [-0.2, -0.15) is 13.2 Å². The van der Waals surface area contributed by atoms with Crippen LogP contribution in [0.25, 0.3) is 11.8 Å². The minimum Gasteiger partial charge on any atom is -0.495 e. The lowest BCUT2D eigenvalue weighted by molar-refractivity contribution is -0.123. The van der Waals surface area contributed by atoms with Crippen molar-refractivity contribution in [3.63, 3.8) is 0 Å². The predicted octanol–water partition coefficient (Wildman–Crippen LogP) is 4.50. The molecule has 1 aliphatic rings. The monoisotopic (exact) mass is 523 g/mol. The first-order valence-electron chi connectivity index (χ1n) is 10.7. The van der Waals surface area contributed by atoms with Crippen LogP contribution in [0, 0.1) is 24.4 Å². The Morgan fingerprint density at radius 3 is 2.43 bits per heavy atom. The molecule has 2 aromatic carbocycles. The summed E-state index contributed by atoms with van der Waals surface area (Å²) in [5, 5.41) is 2.53. The van der Waals surface area contributed by atoms with Gasteiger partial charge in [-0.1, -0.05) is 6.07 Å². The molecule has 1 N–H and O–H groups in total.